The molecule has 1 aliphatic heterocycles. The van der Waals surface area contributed by atoms with Crippen molar-refractivity contribution in [2.45, 2.75) is 25.8 Å². The summed E-state index contributed by atoms with van der Waals surface area (Å²) in [5.41, 5.74) is 0. The minimum atomic E-state index is -3.09. The van der Waals surface area contributed by atoms with Crippen LogP contribution in [0.4, 0.5) is 0 Å². The third kappa shape index (κ3) is 3.74. The maximum atomic E-state index is 11.2. The number of nitrogens with one attached hydrogen (secondary N) is 1. The molecule has 1 heterocycles. The highest BCUT2D eigenvalue weighted by Gasteiger charge is 2.21. The van der Waals surface area contributed by atoms with Gasteiger partial charge in [-0.15, -0.1) is 0 Å². The van der Waals surface area contributed by atoms with Crippen LogP contribution in [0, 0.1) is 0 Å². The smallest absolute Gasteiger partial charge is 0.211 e. The van der Waals surface area contributed by atoms with Gasteiger partial charge in [-0.25, -0.2) is 13.1 Å². The van der Waals surface area contributed by atoms with E-state index in [0.717, 1.165) is 0 Å². The Morgan fingerprint density at radius 2 is 1.92 bits per heavy atom. The standard InChI is InChI=1S/C7H15NO3S2/c1-2-13(10,11)8-7-3-5-12(9)6-4-7/h7-8H,2-6H2,1H3. The molecule has 78 valence electrons. The Morgan fingerprint density at radius 1 is 1.38 bits per heavy atom. The second-order valence-electron chi connectivity index (χ2n) is 3.14. The molecule has 1 aliphatic rings. The minimum Gasteiger partial charge on any atom is -0.260 e. The average Bonchev–Trinajstić information content (AvgIpc) is 2.09. The van der Waals surface area contributed by atoms with E-state index in [1.807, 2.05) is 0 Å². The fraction of sp³-hybridized carbons (Fsp3) is 1.00. The van der Waals surface area contributed by atoms with Gasteiger partial charge >= 0.3 is 0 Å². The van der Waals surface area contributed by atoms with E-state index in [9.17, 15) is 12.6 Å². The lowest BCUT2D eigenvalue weighted by Gasteiger charge is -2.21. The molecule has 0 unspecified atom stereocenters. The van der Waals surface area contributed by atoms with Gasteiger partial charge in [0.15, 0.2) is 0 Å². The number of hydrogen-bond acceptors (Lipinski definition) is 3. The van der Waals surface area contributed by atoms with Gasteiger partial charge in [-0.3, -0.25) is 4.21 Å². The van der Waals surface area contributed by atoms with Gasteiger partial charge in [0.1, 0.15) is 0 Å². The summed E-state index contributed by atoms with van der Waals surface area (Å²) in [7, 11) is -3.81. The zero-order chi connectivity index (χ0) is 9.90. The van der Waals surface area contributed by atoms with Crippen molar-refractivity contribution in [1.82, 2.24) is 4.72 Å². The Bertz CT molecular complexity index is 276. The fourth-order valence-corrected chi connectivity index (χ4v) is 3.46. The second kappa shape index (κ2) is 4.52. The predicted molar refractivity (Wildman–Crippen MR) is 53.5 cm³/mol. The molecule has 0 amide bonds. The Kier molecular flexibility index (Phi) is 3.87. The molecule has 0 aromatic carbocycles. The third-order valence-electron chi connectivity index (χ3n) is 2.11. The van der Waals surface area contributed by atoms with Gasteiger partial charge in [-0.2, -0.15) is 0 Å². The van der Waals surface area contributed by atoms with Crippen molar-refractivity contribution in [3.05, 3.63) is 0 Å². The van der Waals surface area contributed by atoms with E-state index in [2.05, 4.69) is 4.72 Å². The van der Waals surface area contributed by atoms with Crippen LogP contribution in [0.1, 0.15) is 19.8 Å². The third-order valence-corrected chi connectivity index (χ3v) is 4.95. The Balaban J connectivity index is 2.43. The normalized spacial score (nSPS) is 30.2. The summed E-state index contributed by atoms with van der Waals surface area (Å²) in [4.78, 5) is 0. The van der Waals surface area contributed by atoms with E-state index in [-0.39, 0.29) is 11.8 Å². The van der Waals surface area contributed by atoms with Gasteiger partial charge < -0.3 is 0 Å². The molecule has 0 aliphatic carbocycles. The van der Waals surface area contributed by atoms with Crippen LogP contribution >= 0.6 is 0 Å². The van der Waals surface area contributed by atoms with Crippen LogP contribution in [-0.2, 0) is 20.8 Å². The Labute approximate surface area is 81.6 Å². The molecule has 1 N–H and O–H groups in total. The summed E-state index contributed by atoms with van der Waals surface area (Å²) in [6.07, 6.45) is 1.40. The Morgan fingerprint density at radius 3 is 2.38 bits per heavy atom. The first-order chi connectivity index (χ1) is 6.03. The van der Waals surface area contributed by atoms with Gasteiger partial charge in [0.2, 0.25) is 10.0 Å². The van der Waals surface area contributed by atoms with Crippen LogP contribution in [0.2, 0.25) is 0 Å². The van der Waals surface area contributed by atoms with Crippen LogP contribution in [0.5, 0.6) is 0 Å². The first kappa shape index (κ1) is 11.1. The van der Waals surface area contributed by atoms with Crippen molar-refractivity contribution in [3.8, 4) is 0 Å². The summed E-state index contributed by atoms with van der Waals surface area (Å²) < 4.78 is 35.9. The molecule has 0 spiro atoms. The van der Waals surface area contributed by atoms with E-state index in [0.29, 0.717) is 24.3 Å². The van der Waals surface area contributed by atoms with E-state index in [1.165, 1.54) is 0 Å². The second-order valence-corrected chi connectivity index (χ2v) is 6.88. The molecule has 0 radical (unpaired) electrons. The lowest BCUT2D eigenvalue weighted by Crippen LogP contribution is -2.40. The van der Waals surface area contributed by atoms with Crippen LogP contribution in [0.3, 0.4) is 0 Å². The van der Waals surface area contributed by atoms with E-state index in [1.54, 1.807) is 6.92 Å². The van der Waals surface area contributed by atoms with Gasteiger partial charge in [-0.1, -0.05) is 0 Å². The lowest BCUT2D eigenvalue weighted by molar-refractivity contribution is 0.522. The highest BCUT2D eigenvalue weighted by atomic mass is 32.2. The molecule has 1 saturated heterocycles. The van der Waals surface area contributed by atoms with Crippen molar-refractivity contribution in [3.63, 3.8) is 0 Å². The van der Waals surface area contributed by atoms with Crippen LogP contribution < -0.4 is 4.72 Å². The quantitative estimate of drug-likeness (QED) is 0.726. The molecule has 0 saturated carbocycles. The number of rotatable bonds is 3. The highest BCUT2D eigenvalue weighted by Crippen LogP contribution is 2.09. The molecule has 0 aromatic heterocycles. The van der Waals surface area contributed by atoms with Crippen LogP contribution in [0.25, 0.3) is 0 Å². The Hall–Kier alpha value is 0.0600. The van der Waals surface area contributed by atoms with Crippen LogP contribution in [0.15, 0.2) is 0 Å². The largest absolute Gasteiger partial charge is 0.260 e. The zero-order valence-corrected chi connectivity index (χ0v) is 9.29. The summed E-state index contributed by atoms with van der Waals surface area (Å²) in [5.74, 6) is 1.36. The molecular formula is C7H15NO3S2. The molecule has 0 bridgehead atoms. The van der Waals surface area contributed by atoms with Gasteiger partial charge in [0.05, 0.1) is 5.75 Å². The van der Waals surface area contributed by atoms with E-state index in [4.69, 9.17) is 0 Å². The first-order valence-corrected chi connectivity index (χ1v) is 7.52. The lowest BCUT2D eigenvalue weighted by atomic mass is 10.2. The number of sulfonamides is 1. The molecule has 1 fully saturated rings. The fourth-order valence-electron chi connectivity index (χ4n) is 1.25. The summed E-state index contributed by atoms with van der Waals surface area (Å²) in [5, 5.41) is 0. The van der Waals surface area contributed by atoms with Crippen molar-refractivity contribution < 1.29 is 12.6 Å². The maximum absolute atomic E-state index is 11.2. The number of hydrogen-bond donors (Lipinski definition) is 1. The minimum absolute atomic E-state index is 0.00245. The van der Waals surface area contributed by atoms with Gasteiger partial charge in [0, 0.05) is 28.3 Å². The molecule has 4 nitrogen and oxygen atoms in total. The SMILES string of the molecule is CCS(=O)(=O)NC1CCS(=O)CC1. The monoisotopic (exact) mass is 225 g/mol. The predicted octanol–water partition coefficient (Wildman–Crippen LogP) is -0.163. The summed E-state index contributed by atoms with van der Waals surface area (Å²) in [6.45, 7) is 1.61. The van der Waals surface area contributed by atoms with Crippen molar-refractivity contribution in [2.24, 2.45) is 0 Å². The molecule has 1 rings (SSSR count). The zero-order valence-electron chi connectivity index (χ0n) is 7.65. The maximum Gasteiger partial charge on any atom is 0.211 e. The van der Waals surface area contributed by atoms with Crippen molar-refractivity contribution in [2.75, 3.05) is 17.3 Å². The molecule has 0 atom stereocenters. The average molecular weight is 225 g/mol. The van der Waals surface area contributed by atoms with Gasteiger partial charge in [0.25, 0.3) is 0 Å². The van der Waals surface area contributed by atoms with Gasteiger partial charge in [-0.05, 0) is 19.8 Å². The van der Waals surface area contributed by atoms with Crippen molar-refractivity contribution in [1.29, 1.82) is 0 Å². The molecule has 13 heavy (non-hydrogen) atoms. The van der Waals surface area contributed by atoms with E-state index >= 15 is 0 Å². The van der Waals surface area contributed by atoms with Crippen molar-refractivity contribution >= 4 is 20.8 Å². The van der Waals surface area contributed by atoms with E-state index < -0.39 is 20.8 Å². The summed E-state index contributed by atoms with van der Waals surface area (Å²) in [6, 6.07) is 0.00245. The molecule has 6 heteroatoms. The van der Waals surface area contributed by atoms with Crippen LogP contribution in [-0.4, -0.2) is 35.9 Å². The first-order valence-electron chi connectivity index (χ1n) is 4.38. The highest BCUT2D eigenvalue weighted by molar-refractivity contribution is 7.89. The summed E-state index contributed by atoms with van der Waals surface area (Å²) >= 11 is 0. The topological polar surface area (TPSA) is 63.2 Å². The molecular weight excluding hydrogens is 210 g/mol. The molecule has 0 aromatic rings.